The van der Waals surface area contributed by atoms with E-state index in [4.69, 9.17) is 4.52 Å². The van der Waals surface area contributed by atoms with Crippen molar-refractivity contribution in [1.82, 2.24) is 30.7 Å². The molecule has 27 heavy (non-hydrogen) atoms. The van der Waals surface area contributed by atoms with Crippen molar-refractivity contribution in [3.63, 3.8) is 0 Å². The van der Waals surface area contributed by atoms with E-state index in [1.807, 2.05) is 18.2 Å². The summed E-state index contributed by atoms with van der Waals surface area (Å²) in [7, 11) is 0. The van der Waals surface area contributed by atoms with E-state index in [9.17, 15) is 4.79 Å². The Morgan fingerprint density at radius 3 is 2.93 bits per heavy atom. The number of piperidine rings is 1. The van der Waals surface area contributed by atoms with Gasteiger partial charge in [0.25, 0.3) is 5.91 Å². The molecule has 138 valence electrons. The molecule has 1 aromatic carbocycles. The molecule has 1 fully saturated rings. The molecule has 4 rings (SSSR count). The van der Waals surface area contributed by atoms with E-state index < -0.39 is 0 Å². The predicted molar refractivity (Wildman–Crippen MR) is 97.8 cm³/mol. The summed E-state index contributed by atoms with van der Waals surface area (Å²) in [6.45, 7) is 2.17. The lowest BCUT2D eigenvalue weighted by atomic mass is 9.90. The van der Waals surface area contributed by atoms with Gasteiger partial charge in [0.2, 0.25) is 17.5 Å². The van der Waals surface area contributed by atoms with Crippen LogP contribution in [0.25, 0.3) is 11.6 Å². The summed E-state index contributed by atoms with van der Waals surface area (Å²) >= 11 is 0. The van der Waals surface area contributed by atoms with E-state index >= 15 is 0 Å². The summed E-state index contributed by atoms with van der Waals surface area (Å²) in [5.41, 5.74) is 1.82. The van der Waals surface area contributed by atoms with Gasteiger partial charge in [-0.15, -0.1) is 0 Å². The minimum atomic E-state index is -0.170. The molecule has 0 radical (unpaired) electrons. The van der Waals surface area contributed by atoms with Gasteiger partial charge in [-0.1, -0.05) is 17.3 Å². The minimum absolute atomic E-state index is 0.147. The number of amides is 1. The fraction of sp³-hybridized carbons (Fsp3) is 0.316. The molecule has 8 nitrogen and oxygen atoms in total. The lowest BCUT2D eigenvalue weighted by Crippen LogP contribution is -2.28. The standard InChI is InChI=1S/C19H20N6O2/c26-19(14-5-1-4-13(10-14)15-6-2-7-20-11-15)23-12-16-24-18(25-27-16)17-21-8-3-9-22-17/h1,3-5,8-10,15,20H,2,6-7,11-12H2,(H,23,26). The molecule has 0 saturated carbocycles. The number of aromatic nitrogens is 4. The van der Waals surface area contributed by atoms with Crippen molar-refractivity contribution >= 4 is 5.91 Å². The first-order valence-electron chi connectivity index (χ1n) is 8.98. The molecule has 3 aromatic rings. The molecule has 1 atom stereocenters. The van der Waals surface area contributed by atoms with Gasteiger partial charge in [-0.05, 0) is 49.1 Å². The average molecular weight is 364 g/mol. The minimum Gasteiger partial charge on any atom is -0.343 e. The first-order valence-corrected chi connectivity index (χ1v) is 8.98. The summed E-state index contributed by atoms with van der Waals surface area (Å²) in [6.07, 6.45) is 5.51. The third-order valence-corrected chi connectivity index (χ3v) is 4.55. The van der Waals surface area contributed by atoms with Crippen LogP contribution in [0.4, 0.5) is 0 Å². The highest BCUT2D eigenvalue weighted by Crippen LogP contribution is 2.23. The Kier molecular flexibility index (Phi) is 5.15. The number of carbonyl (C=O) groups is 1. The van der Waals surface area contributed by atoms with Gasteiger partial charge >= 0.3 is 0 Å². The SMILES string of the molecule is O=C(NCc1nc(-c2ncccn2)no1)c1cccc(C2CCCNC2)c1. The highest BCUT2D eigenvalue weighted by atomic mass is 16.5. The van der Waals surface area contributed by atoms with Gasteiger partial charge in [-0.3, -0.25) is 4.79 Å². The summed E-state index contributed by atoms with van der Waals surface area (Å²) in [5.74, 6) is 1.27. The zero-order valence-corrected chi connectivity index (χ0v) is 14.8. The van der Waals surface area contributed by atoms with Crippen LogP contribution < -0.4 is 10.6 Å². The van der Waals surface area contributed by atoms with Gasteiger partial charge in [-0.2, -0.15) is 4.98 Å². The third-order valence-electron chi connectivity index (χ3n) is 4.55. The van der Waals surface area contributed by atoms with Crippen molar-refractivity contribution in [3.8, 4) is 11.6 Å². The van der Waals surface area contributed by atoms with Crippen LogP contribution in [0.2, 0.25) is 0 Å². The van der Waals surface area contributed by atoms with Gasteiger partial charge in [-0.25, -0.2) is 9.97 Å². The zero-order valence-electron chi connectivity index (χ0n) is 14.8. The molecule has 1 unspecified atom stereocenters. The summed E-state index contributed by atoms with van der Waals surface area (Å²) < 4.78 is 5.16. The molecule has 1 aliphatic heterocycles. The third kappa shape index (κ3) is 4.17. The summed E-state index contributed by atoms with van der Waals surface area (Å²) in [4.78, 5) is 24.8. The molecule has 2 N–H and O–H groups in total. The first-order chi connectivity index (χ1) is 13.3. The quantitative estimate of drug-likeness (QED) is 0.712. The molecule has 3 heterocycles. The fourth-order valence-corrected chi connectivity index (χ4v) is 3.16. The van der Waals surface area contributed by atoms with Gasteiger partial charge in [0.1, 0.15) is 0 Å². The van der Waals surface area contributed by atoms with Gasteiger partial charge in [0.15, 0.2) is 0 Å². The molecule has 1 saturated heterocycles. The number of hydrogen-bond donors (Lipinski definition) is 2. The van der Waals surface area contributed by atoms with Crippen LogP contribution in [0.3, 0.4) is 0 Å². The summed E-state index contributed by atoms with van der Waals surface area (Å²) in [6, 6.07) is 9.49. The summed E-state index contributed by atoms with van der Waals surface area (Å²) in [5, 5.41) is 10.1. The number of rotatable bonds is 5. The monoisotopic (exact) mass is 364 g/mol. The van der Waals surface area contributed by atoms with Crippen LogP contribution in [0.5, 0.6) is 0 Å². The van der Waals surface area contributed by atoms with Crippen LogP contribution >= 0.6 is 0 Å². The van der Waals surface area contributed by atoms with E-state index in [1.54, 1.807) is 18.5 Å². The second-order valence-electron chi connectivity index (χ2n) is 6.44. The number of hydrogen-bond acceptors (Lipinski definition) is 7. The number of carbonyl (C=O) groups excluding carboxylic acids is 1. The normalized spacial score (nSPS) is 16.8. The number of nitrogens with zero attached hydrogens (tertiary/aromatic N) is 4. The van der Waals surface area contributed by atoms with Crippen molar-refractivity contribution in [2.75, 3.05) is 13.1 Å². The molecule has 8 heteroatoms. The Morgan fingerprint density at radius 1 is 1.22 bits per heavy atom. The Balaban J connectivity index is 1.39. The van der Waals surface area contributed by atoms with Crippen molar-refractivity contribution in [1.29, 1.82) is 0 Å². The topological polar surface area (TPSA) is 106 Å². The maximum atomic E-state index is 12.5. The molecule has 1 amide bonds. The van der Waals surface area contributed by atoms with Crippen LogP contribution in [0.1, 0.15) is 40.6 Å². The van der Waals surface area contributed by atoms with Crippen molar-refractivity contribution in [2.24, 2.45) is 0 Å². The van der Waals surface area contributed by atoms with Crippen molar-refractivity contribution in [2.45, 2.75) is 25.3 Å². The van der Waals surface area contributed by atoms with Crippen molar-refractivity contribution < 1.29 is 9.32 Å². The number of benzene rings is 1. The van der Waals surface area contributed by atoms with Gasteiger partial charge < -0.3 is 15.2 Å². The second-order valence-corrected chi connectivity index (χ2v) is 6.44. The Hall–Kier alpha value is -3.13. The zero-order chi connectivity index (χ0) is 18.5. The van der Waals surface area contributed by atoms with Gasteiger partial charge in [0.05, 0.1) is 6.54 Å². The van der Waals surface area contributed by atoms with E-state index in [0.717, 1.165) is 25.9 Å². The van der Waals surface area contributed by atoms with Crippen LogP contribution in [-0.4, -0.2) is 39.1 Å². The Morgan fingerprint density at radius 2 is 2.11 bits per heavy atom. The smallest absolute Gasteiger partial charge is 0.251 e. The Labute approximate surface area is 156 Å². The van der Waals surface area contributed by atoms with Gasteiger partial charge in [0, 0.05) is 24.5 Å². The first kappa shape index (κ1) is 17.3. The van der Waals surface area contributed by atoms with Crippen LogP contribution in [0, 0.1) is 0 Å². The highest BCUT2D eigenvalue weighted by Gasteiger charge is 2.17. The van der Waals surface area contributed by atoms with E-state index in [1.165, 1.54) is 5.56 Å². The van der Waals surface area contributed by atoms with E-state index in [2.05, 4.69) is 36.8 Å². The van der Waals surface area contributed by atoms with Crippen LogP contribution in [-0.2, 0) is 6.54 Å². The largest absolute Gasteiger partial charge is 0.343 e. The maximum Gasteiger partial charge on any atom is 0.251 e. The predicted octanol–water partition coefficient (Wildman–Crippen LogP) is 1.92. The fourth-order valence-electron chi connectivity index (χ4n) is 3.16. The lowest BCUT2D eigenvalue weighted by Gasteiger charge is -2.23. The molecule has 0 aliphatic carbocycles. The Bertz CT molecular complexity index is 905. The van der Waals surface area contributed by atoms with E-state index in [-0.39, 0.29) is 12.5 Å². The lowest BCUT2D eigenvalue weighted by molar-refractivity contribution is 0.0946. The molecule has 0 spiro atoms. The average Bonchev–Trinajstić information content (AvgIpc) is 3.22. The highest BCUT2D eigenvalue weighted by molar-refractivity contribution is 5.94. The molecular formula is C19H20N6O2. The second kappa shape index (κ2) is 8.05. The molecular weight excluding hydrogens is 344 g/mol. The molecule has 1 aliphatic rings. The molecule has 2 aromatic heterocycles. The van der Waals surface area contributed by atoms with Crippen LogP contribution in [0.15, 0.2) is 47.2 Å². The molecule has 0 bridgehead atoms. The van der Waals surface area contributed by atoms with E-state index in [0.29, 0.717) is 29.0 Å². The number of nitrogens with one attached hydrogen (secondary N) is 2. The van der Waals surface area contributed by atoms with Crippen molar-refractivity contribution in [3.05, 3.63) is 59.7 Å². The maximum absolute atomic E-state index is 12.5.